The van der Waals surface area contributed by atoms with E-state index >= 15 is 0 Å². The molecule has 0 aliphatic heterocycles. The SMILES string of the molecule is Cc1ncncc1[C@@H]1C[C@H]1C(=O)O. The number of hydrogen-bond donors (Lipinski definition) is 1. The highest BCUT2D eigenvalue weighted by molar-refractivity contribution is 5.75. The molecule has 1 saturated carbocycles. The first-order valence-corrected chi connectivity index (χ1v) is 4.19. The van der Waals surface area contributed by atoms with Gasteiger partial charge in [-0.15, -0.1) is 0 Å². The van der Waals surface area contributed by atoms with Gasteiger partial charge >= 0.3 is 5.97 Å². The molecule has 0 saturated heterocycles. The number of carboxylic acid groups (broad SMARTS) is 1. The number of rotatable bonds is 2. The van der Waals surface area contributed by atoms with Gasteiger partial charge in [0.25, 0.3) is 0 Å². The van der Waals surface area contributed by atoms with Crippen molar-refractivity contribution in [2.75, 3.05) is 0 Å². The summed E-state index contributed by atoms with van der Waals surface area (Å²) in [5.41, 5.74) is 1.87. The second-order valence-corrected chi connectivity index (χ2v) is 3.35. The number of carbonyl (C=O) groups is 1. The highest BCUT2D eigenvalue weighted by Crippen LogP contribution is 2.47. The Morgan fingerprint density at radius 2 is 2.46 bits per heavy atom. The number of aliphatic carboxylic acids is 1. The third-order valence-electron chi connectivity index (χ3n) is 2.46. The number of nitrogens with zero attached hydrogens (tertiary/aromatic N) is 2. The maximum absolute atomic E-state index is 10.6. The molecule has 0 aromatic carbocycles. The Bertz CT molecular complexity index is 351. The van der Waals surface area contributed by atoms with Crippen LogP contribution in [0.4, 0.5) is 0 Å². The molecule has 68 valence electrons. The molecule has 2 rings (SSSR count). The molecule has 1 fully saturated rings. The minimum atomic E-state index is -0.715. The molecule has 1 N–H and O–H groups in total. The van der Waals surface area contributed by atoms with Crippen molar-refractivity contribution < 1.29 is 9.90 Å². The summed E-state index contributed by atoms with van der Waals surface area (Å²) in [5.74, 6) is -0.795. The minimum Gasteiger partial charge on any atom is -0.481 e. The molecule has 1 aliphatic rings. The van der Waals surface area contributed by atoms with Crippen LogP contribution in [0, 0.1) is 12.8 Å². The Labute approximate surface area is 75.6 Å². The van der Waals surface area contributed by atoms with Gasteiger partial charge in [0.15, 0.2) is 0 Å². The first kappa shape index (κ1) is 8.16. The second kappa shape index (κ2) is 2.80. The van der Waals surface area contributed by atoms with Crippen molar-refractivity contribution in [1.82, 2.24) is 9.97 Å². The fraction of sp³-hybridized carbons (Fsp3) is 0.444. The Kier molecular flexibility index (Phi) is 1.76. The fourth-order valence-electron chi connectivity index (χ4n) is 1.58. The van der Waals surface area contributed by atoms with Crippen LogP contribution < -0.4 is 0 Å². The molecule has 0 amide bonds. The van der Waals surface area contributed by atoms with Gasteiger partial charge in [0.1, 0.15) is 6.33 Å². The van der Waals surface area contributed by atoms with Crippen molar-refractivity contribution in [2.45, 2.75) is 19.3 Å². The Hall–Kier alpha value is -1.45. The van der Waals surface area contributed by atoms with E-state index in [0.717, 1.165) is 17.7 Å². The largest absolute Gasteiger partial charge is 0.481 e. The molecule has 1 aromatic heterocycles. The molecule has 1 heterocycles. The highest BCUT2D eigenvalue weighted by Gasteiger charge is 2.45. The highest BCUT2D eigenvalue weighted by atomic mass is 16.4. The fourth-order valence-corrected chi connectivity index (χ4v) is 1.58. The van der Waals surface area contributed by atoms with Crippen LogP contribution in [0.15, 0.2) is 12.5 Å². The van der Waals surface area contributed by atoms with Gasteiger partial charge in [0.2, 0.25) is 0 Å². The van der Waals surface area contributed by atoms with Crippen LogP contribution in [0.5, 0.6) is 0 Å². The lowest BCUT2D eigenvalue weighted by Crippen LogP contribution is -2.00. The van der Waals surface area contributed by atoms with Gasteiger partial charge in [-0.25, -0.2) is 9.97 Å². The Balaban J connectivity index is 2.21. The number of aromatic nitrogens is 2. The van der Waals surface area contributed by atoms with E-state index in [1.807, 2.05) is 6.92 Å². The van der Waals surface area contributed by atoms with Crippen LogP contribution in [0.1, 0.15) is 23.6 Å². The first-order chi connectivity index (χ1) is 6.20. The molecule has 0 spiro atoms. The zero-order chi connectivity index (χ0) is 9.42. The number of hydrogen-bond acceptors (Lipinski definition) is 3. The average Bonchev–Trinajstić information content (AvgIpc) is 2.84. The van der Waals surface area contributed by atoms with Crippen LogP contribution in [-0.2, 0) is 4.79 Å². The van der Waals surface area contributed by atoms with E-state index in [0.29, 0.717) is 0 Å². The summed E-state index contributed by atoms with van der Waals surface area (Å²) in [4.78, 5) is 18.5. The lowest BCUT2D eigenvalue weighted by Gasteiger charge is -2.00. The van der Waals surface area contributed by atoms with E-state index in [4.69, 9.17) is 5.11 Å². The van der Waals surface area contributed by atoms with Gasteiger partial charge in [-0.05, 0) is 18.9 Å². The average molecular weight is 178 g/mol. The van der Waals surface area contributed by atoms with Gasteiger partial charge in [0, 0.05) is 17.8 Å². The third-order valence-corrected chi connectivity index (χ3v) is 2.46. The summed E-state index contributed by atoms with van der Waals surface area (Å²) in [6.45, 7) is 1.88. The van der Waals surface area contributed by atoms with Crippen molar-refractivity contribution in [3.05, 3.63) is 23.8 Å². The van der Waals surface area contributed by atoms with E-state index in [9.17, 15) is 4.79 Å². The molecular weight excluding hydrogens is 168 g/mol. The predicted octanol–water partition coefficient (Wildman–Crippen LogP) is 0.973. The summed E-state index contributed by atoms with van der Waals surface area (Å²) < 4.78 is 0. The van der Waals surface area contributed by atoms with Crippen LogP contribution in [0.2, 0.25) is 0 Å². The standard InChI is InChI=1S/C9H10N2O2/c1-5-8(3-10-4-11-5)6-2-7(6)9(12)13/h3-4,6-7H,2H2,1H3,(H,12,13)/t6-,7-/m1/s1. The maximum Gasteiger partial charge on any atom is 0.307 e. The lowest BCUT2D eigenvalue weighted by atomic mass is 10.1. The summed E-state index contributed by atoms with van der Waals surface area (Å²) in [5, 5.41) is 8.74. The van der Waals surface area contributed by atoms with Crippen LogP contribution in [0.25, 0.3) is 0 Å². The van der Waals surface area contributed by atoms with Crippen molar-refractivity contribution in [3.8, 4) is 0 Å². The molecular formula is C9H10N2O2. The number of aryl methyl sites for hydroxylation is 1. The zero-order valence-corrected chi connectivity index (χ0v) is 7.27. The lowest BCUT2D eigenvalue weighted by molar-refractivity contribution is -0.138. The van der Waals surface area contributed by atoms with Crippen molar-refractivity contribution in [1.29, 1.82) is 0 Å². The quantitative estimate of drug-likeness (QED) is 0.733. The third kappa shape index (κ3) is 1.39. The van der Waals surface area contributed by atoms with Crippen molar-refractivity contribution >= 4 is 5.97 Å². The monoisotopic (exact) mass is 178 g/mol. The Morgan fingerprint density at radius 3 is 3.00 bits per heavy atom. The summed E-state index contributed by atoms with van der Waals surface area (Å²) in [6.07, 6.45) is 3.93. The molecule has 1 aliphatic carbocycles. The topological polar surface area (TPSA) is 63.1 Å². The normalized spacial score (nSPS) is 25.6. The van der Waals surface area contributed by atoms with E-state index in [1.165, 1.54) is 6.33 Å². The second-order valence-electron chi connectivity index (χ2n) is 3.35. The van der Waals surface area contributed by atoms with Crippen LogP contribution in [-0.4, -0.2) is 21.0 Å². The van der Waals surface area contributed by atoms with Gasteiger partial charge in [-0.3, -0.25) is 4.79 Å². The van der Waals surface area contributed by atoms with E-state index in [2.05, 4.69) is 9.97 Å². The van der Waals surface area contributed by atoms with Crippen molar-refractivity contribution in [2.24, 2.45) is 5.92 Å². The molecule has 0 unspecified atom stereocenters. The summed E-state index contributed by atoms with van der Waals surface area (Å²) in [7, 11) is 0. The van der Waals surface area contributed by atoms with E-state index in [1.54, 1.807) is 6.20 Å². The van der Waals surface area contributed by atoms with Crippen LogP contribution in [0.3, 0.4) is 0 Å². The Morgan fingerprint density at radius 1 is 1.69 bits per heavy atom. The summed E-state index contributed by atoms with van der Waals surface area (Å²) >= 11 is 0. The van der Waals surface area contributed by atoms with Gasteiger partial charge in [0.05, 0.1) is 5.92 Å². The minimum absolute atomic E-state index is 0.138. The molecule has 1 aromatic rings. The molecule has 0 radical (unpaired) electrons. The molecule has 4 nitrogen and oxygen atoms in total. The van der Waals surface area contributed by atoms with Crippen molar-refractivity contribution in [3.63, 3.8) is 0 Å². The predicted molar refractivity (Wildman–Crippen MR) is 45.3 cm³/mol. The molecule has 2 atom stereocenters. The van der Waals surface area contributed by atoms with E-state index in [-0.39, 0.29) is 11.8 Å². The molecule has 0 bridgehead atoms. The number of carboxylic acids is 1. The molecule has 4 heteroatoms. The zero-order valence-electron chi connectivity index (χ0n) is 7.27. The van der Waals surface area contributed by atoms with Gasteiger partial charge in [-0.2, -0.15) is 0 Å². The van der Waals surface area contributed by atoms with E-state index < -0.39 is 5.97 Å². The summed E-state index contributed by atoms with van der Waals surface area (Å²) in [6, 6.07) is 0. The van der Waals surface area contributed by atoms with Gasteiger partial charge < -0.3 is 5.11 Å². The first-order valence-electron chi connectivity index (χ1n) is 4.19. The smallest absolute Gasteiger partial charge is 0.307 e. The van der Waals surface area contributed by atoms with Crippen LogP contribution >= 0.6 is 0 Å². The maximum atomic E-state index is 10.6. The van der Waals surface area contributed by atoms with Gasteiger partial charge in [-0.1, -0.05) is 0 Å². The molecule has 13 heavy (non-hydrogen) atoms.